The first kappa shape index (κ1) is 29.4. The summed E-state index contributed by atoms with van der Waals surface area (Å²) in [5, 5.41) is 9.06. The van der Waals surface area contributed by atoms with Crippen molar-refractivity contribution >= 4 is 34.8 Å². The summed E-state index contributed by atoms with van der Waals surface area (Å²) in [4.78, 5) is 60.8. The molecule has 5 heterocycles. The van der Waals surface area contributed by atoms with Gasteiger partial charge in [0.25, 0.3) is 0 Å². The van der Waals surface area contributed by atoms with Crippen LogP contribution in [-0.4, -0.2) is 89.0 Å². The number of amides is 5. The molecule has 0 aliphatic carbocycles. The molecule has 1 atom stereocenters. The first-order valence-corrected chi connectivity index (χ1v) is 16.3. The summed E-state index contributed by atoms with van der Waals surface area (Å²) in [5.41, 5.74) is 3.08. The largest absolute Gasteiger partial charge is 0.417 e. The molecule has 3 fully saturated rings. The van der Waals surface area contributed by atoms with Gasteiger partial charge in [0.15, 0.2) is 5.58 Å². The lowest BCUT2D eigenvalue weighted by molar-refractivity contribution is -0.135. The first-order chi connectivity index (χ1) is 21.9. The first-order valence-electron chi connectivity index (χ1n) is 16.3. The van der Waals surface area contributed by atoms with Crippen LogP contribution in [0.2, 0.25) is 0 Å². The number of carbonyl (C=O) groups excluding carboxylic acids is 3. The Morgan fingerprint density at radius 3 is 2.47 bits per heavy atom. The minimum atomic E-state index is -0.776. The second kappa shape index (κ2) is 12.2. The lowest BCUT2D eigenvalue weighted by Crippen LogP contribution is -2.60. The molecule has 3 saturated heterocycles. The summed E-state index contributed by atoms with van der Waals surface area (Å²) < 4.78 is 5.26. The Labute approximate surface area is 261 Å². The fourth-order valence-electron chi connectivity index (χ4n) is 7.68. The van der Waals surface area contributed by atoms with E-state index in [2.05, 4.69) is 25.8 Å². The monoisotopic (exact) mass is 615 g/mol. The highest BCUT2D eigenvalue weighted by Gasteiger charge is 2.43. The zero-order valence-corrected chi connectivity index (χ0v) is 25.5. The molecule has 45 heavy (non-hydrogen) atoms. The Balaban J connectivity index is 1.05. The molecule has 4 N–H and O–H groups in total. The number of aromatic amines is 1. The van der Waals surface area contributed by atoms with Crippen molar-refractivity contribution < 1.29 is 18.8 Å². The summed E-state index contributed by atoms with van der Waals surface area (Å²) in [6.07, 6.45) is 7.05. The summed E-state index contributed by atoms with van der Waals surface area (Å²) in [6, 6.07) is 12.3. The third-order valence-corrected chi connectivity index (χ3v) is 10.2. The minimum Gasteiger partial charge on any atom is -0.408 e. The Bertz CT molecular complexity index is 1630. The van der Waals surface area contributed by atoms with Crippen LogP contribution in [0.4, 0.5) is 15.3 Å². The molecule has 3 aromatic rings. The molecule has 238 valence electrons. The maximum Gasteiger partial charge on any atom is 0.417 e. The van der Waals surface area contributed by atoms with Crippen LogP contribution in [0.5, 0.6) is 0 Å². The Kier molecular flexibility index (Phi) is 7.99. The Morgan fingerprint density at radius 1 is 0.933 bits per heavy atom. The van der Waals surface area contributed by atoms with Crippen molar-refractivity contribution in [2.75, 3.05) is 44.6 Å². The minimum absolute atomic E-state index is 0.0934. The van der Waals surface area contributed by atoms with E-state index in [4.69, 9.17) is 4.42 Å². The number of para-hydroxylation sites is 1. The summed E-state index contributed by atoms with van der Waals surface area (Å²) in [6.45, 7) is 4.47. The molecular weight excluding hydrogens is 574 g/mol. The van der Waals surface area contributed by atoms with Crippen LogP contribution in [0.1, 0.15) is 56.1 Å². The smallest absolute Gasteiger partial charge is 0.408 e. The zero-order valence-electron chi connectivity index (χ0n) is 25.5. The molecule has 1 spiro atoms. The lowest BCUT2D eigenvalue weighted by Gasteiger charge is -2.45. The number of rotatable bonds is 5. The van der Waals surface area contributed by atoms with E-state index in [-0.39, 0.29) is 24.4 Å². The van der Waals surface area contributed by atoms with Crippen molar-refractivity contribution in [2.24, 2.45) is 0 Å². The lowest BCUT2D eigenvalue weighted by atomic mass is 9.79. The van der Waals surface area contributed by atoms with E-state index < -0.39 is 17.3 Å². The normalized spacial score (nSPS) is 21.2. The van der Waals surface area contributed by atoms with Gasteiger partial charge in [0, 0.05) is 49.9 Å². The fourth-order valence-corrected chi connectivity index (χ4v) is 7.68. The van der Waals surface area contributed by atoms with E-state index in [1.54, 1.807) is 17.0 Å². The van der Waals surface area contributed by atoms with Gasteiger partial charge in [0.05, 0.1) is 11.1 Å². The molecule has 12 nitrogen and oxygen atoms in total. The van der Waals surface area contributed by atoms with Gasteiger partial charge in [-0.3, -0.25) is 9.78 Å². The van der Waals surface area contributed by atoms with Gasteiger partial charge in [-0.05, 0) is 75.4 Å². The molecule has 1 unspecified atom stereocenters. The van der Waals surface area contributed by atoms with E-state index in [0.717, 1.165) is 42.7 Å². The zero-order chi connectivity index (χ0) is 31.0. The molecule has 1 aromatic heterocycles. The van der Waals surface area contributed by atoms with Crippen molar-refractivity contribution in [3.63, 3.8) is 0 Å². The molecular formula is C33H41N7O5. The SMILES string of the molecule is O=C1Nc2ccccc2C2(CCN(C(=O)NC(Cc3ccc4[nH]c(=O)oc4c3)C(=O)N3CCC(N4CCCCC4)CC3)CC2)N1. The standard InChI is InChI=1S/C33H41N7O5/c41-29(39-16-10-23(11-17-39)38-14-4-1-5-15-38)27(20-22-8-9-26-28(21-22)45-32(44)36-26)35-31(43)40-18-12-33(13-19-40)24-6-2-3-7-25(24)34-30(42)37-33/h2-3,6-9,21,23,27H,1,4-5,10-20H2,(H,35,43)(H,36,44)(H2,34,37,42). The van der Waals surface area contributed by atoms with Crippen LogP contribution in [0.15, 0.2) is 51.7 Å². The summed E-state index contributed by atoms with van der Waals surface area (Å²) in [5.74, 6) is -0.626. The van der Waals surface area contributed by atoms with Gasteiger partial charge >= 0.3 is 17.8 Å². The van der Waals surface area contributed by atoms with Gasteiger partial charge < -0.3 is 35.1 Å². The van der Waals surface area contributed by atoms with E-state index in [0.29, 0.717) is 56.2 Å². The summed E-state index contributed by atoms with van der Waals surface area (Å²) in [7, 11) is 0. The average Bonchev–Trinajstić information content (AvgIpc) is 3.44. The number of nitrogens with one attached hydrogen (secondary N) is 4. The molecule has 12 heteroatoms. The van der Waals surface area contributed by atoms with Gasteiger partial charge in [-0.25, -0.2) is 14.4 Å². The Morgan fingerprint density at radius 2 is 1.69 bits per heavy atom. The molecule has 0 radical (unpaired) electrons. The predicted octanol–water partition coefficient (Wildman–Crippen LogP) is 3.35. The highest BCUT2D eigenvalue weighted by molar-refractivity contribution is 5.94. The highest BCUT2D eigenvalue weighted by atomic mass is 16.4. The van der Waals surface area contributed by atoms with Gasteiger partial charge in [0.1, 0.15) is 6.04 Å². The van der Waals surface area contributed by atoms with Crippen molar-refractivity contribution in [3.05, 3.63) is 64.1 Å². The van der Waals surface area contributed by atoms with Gasteiger partial charge in [-0.2, -0.15) is 0 Å². The molecule has 2 aromatic carbocycles. The average molecular weight is 616 g/mol. The van der Waals surface area contributed by atoms with Crippen molar-refractivity contribution in [2.45, 2.75) is 69.0 Å². The van der Waals surface area contributed by atoms with Crippen LogP contribution in [0.25, 0.3) is 11.1 Å². The fraction of sp³-hybridized carbons (Fsp3) is 0.515. The van der Waals surface area contributed by atoms with Gasteiger partial charge in [-0.15, -0.1) is 0 Å². The van der Waals surface area contributed by atoms with Crippen LogP contribution in [0, 0.1) is 0 Å². The number of hydrogen-bond donors (Lipinski definition) is 4. The van der Waals surface area contributed by atoms with Crippen molar-refractivity contribution in [1.29, 1.82) is 0 Å². The van der Waals surface area contributed by atoms with E-state index in [1.165, 1.54) is 19.3 Å². The van der Waals surface area contributed by atoms with Crippen LogP contribution < -0.4 is 21.7 Å². The number of carbonyl (C=O) groups is 3. The van der Waals surface area contributed by atoms with Crippen LogP contribution in [-0.2, 0) is 16.8 Å². The van der Waals surface area contributed by atoms with Crippen LogP contribution in [0.3, 0.4) is 0 Å². The maximum absolute atomic E-state index is 14.0. The Hall–Kier alpha value is -4.32. The topological polar surface area (TPSA) is 143 Å². The number of urea groups is 2. The number of piperidine rings is 3. The number of hydrogen-bond acceptors (Lipinski definition) is 6. The predicted molar refractivity (Wildman–Crippen MR) is 169 cm³/mol. The maximum atomic E-state index is 14.0. The number of nitrogens with zero attached hydrogens (tertiary/aromatic N) is 3. The number of oxazole rings is 1. The molecule has 4 aliphatic rings. The number of fused-ring (bicyclic) bond motifs is 3. The second-order valence-electron chi connectivity index (χ2n) is 12.9. The van der Waals surface area contributed by atoms with E-state index in [1.807, 2.05) is 35.2 Å². The molecule has 4 aliphatic heterocycles. The quantitative estimate of drug-likeness (QED) is 0.347. The van der Waals surface area contributed by atoms with Gasteiger partial charge in [-0.1, -0.05) is 30.7 Å². The molecule has 5 amide bonds. The number of H-pyrrole nitrogens is 1. The van der Waals surface area contributed by atoms with E-state index in [9.17, 15) is 19.2 Å². The third kappa shape index (κ3) is 6.03. The number of benzene rings is 2. The number of likely N-dealkylation sites (tertiary alicyclic amines) is 3. The molecule has 0 saturated carbocycles. The second-order valence-corrected chi connectivity index (χ2v) is 12.9. The van der Waals surface area contributed by atoms with E-state index >= 15 is 0 Å². The van der Waals surface area contributed by atoms with Crippen molar-refractivity contribution in [3.8, 4) is 0 Å². The van der Waals surface area contributed by atoms with Gasteiger partial charge in [0.2, 0.25) is 5.91 Å². The highest BCUT2D eigenvalue weighted by Crippen LogP contribution is 2.39. The van der Waals surface area contributed by atoms with Crippen molar-refractivity contribution in [1.82, 2.24) is 30.3 Å². The third-order valence-electron chi connectivity index (χ3n) is 10.2. The molecule has 0 bridgehead atoms. The summed E-state index contributed by atoms with van der Waals surface area (Å²) >= 11 is 0. The number of anilines is 1. The van der Waals surface area contributed by atoms with Crippen LogP contribution >= 0.6 is 0 Å². The molecule has 7 rings (SSSR count). The number of aromatic nitrogens is 1.